The predicted octanol–water partition coefficient (Wildman–Crippen LogP) is 8.92. The lowest BCUT2D eigenvalue weighted by Crippen LogP contribution is -2.60. The second-order valence-corrected chi connectivity index (χ2v) is 18.5. The van der Waals surface area contributed by atoms with E-state index in [1.807, 2.05) is 0 Å². The molecule has 0 aromatic carbocycles. The Bertz CT molecular complexity index is 959. The third kappa shape index (κ3) is 28.0. The number of aliphatic hydroxyl groups is 7. The molecule has 1 aliphatic rings. The van der Waals surface area contributed by atoms with Crippen molar-refractivity contribution in [2.24, 2.45) is 5.92 Å². The van der Waals surface area contributed by atoms with Crippen molar-refractivity contribution in [2.75, 3.05) is 13.2 Å². The smallest absolute Gasteiger partial charge is 0.249 e. The SMILES string of the molecule is CCCCCCCCCCCCCCCCCCCCCC[C@@H](O)C(=O)N[C@@H](CO[C@H]1O[C@@H](CO)[C@H](O)[C@H](O)[C@@H]1O)[C@H](O)[C@H](O)CCCCCCCCCCCC(C)CC. The van der Waals surface area contributed by atoms with E-state index in [2.05, 4.69) is 26.1 Å². The molecule has 1 rings (SSSR count). The highest BCUT2D eigenvalue weighted by Gasteiger charge is 2.44. The molecule has 1 fully saturated rings. The van der Waals surface area contributed by atoms with E-state index in [1.54, 1.807) is 0 Å². The van der Waals surface area contributed by atoms with Crippen LogP contribution in [0.5, 0.6) is 0 Å². The summed E-state index contributed by atoms with van der Waals surface area (Å²) in [6.07, 6.45) is 27.2. The van der Waals surface area contributed by atoms with Crippen LogP contribution >= 0.6 is 0 Å². The standard InChI is InChI=1S/C49H97NO10/c1-4-6-7-8-9-10-11-12-13-14-15-16-17-18-19-20-23-27-30-33-36-42(53)48(58)50-40(38-59-49-47(57)46(56)45(55)43(37-51)60-49)44(54)41(52)35-32-29-26-24-21-22-25-28-31-34-39(3)5-2/h39-47,49,51-57H,4-38H2,1-3H3,(H,50,58)/t39?,40-,41+,42+,43-,44-,45-,46-,47-,49-/m0/s1. The minimum atomic E-state index is -1.66. The predicted molar refractivity (Wildman–Crippen MR) is 243 cm³/mol. The molecule has 0 aliphatic carbocycles. The molecule has 1 amide bonds. The first-order valence-electron chi connectivity index (χ1n) is 25.3. The van der Waals surface area contributed by atoms with Gasteiger partial charge in [0.2, 0.25) is 5.91 Å². The molecule has 1 heterocycles. The van der Waals surface area contributed by atoms with Crippen LogP contribution in [-0.2, 0) is 14.3 Å². The average molecular weight is 860 g/mol. The molecule has 0 spiro atoms. The minimum Gasteiger partial charge on any atom is -0.394 e. The summed E-state index contributed by atoms with van der Waals surface area (Å²) >= 11 is 0. The maximum Gasteiger partial charge on any atom is 0.249 e. The molecule has 0 aromatic heterocycles. The Hall–Kier alpha value is -0.890. The second kappa shape index (κ2) is 38.6. The van der Waals surface area contributed by atoms with Crippen molar-refractivity contribution in [3.8, 4) is 0 Å². The van der Waals surface area contributed by atoms with E-state index < -0.39 is 74.2 Å². The highest BCUT2D eigenvalue weighted by Crippen LogP contribution is 2.23. The van der Waals surface area contributed by atoms with Gasteiger partial charge in [-0.2, -0.15) is 0 Å². The van der Waals surface area contributed by atoms with E-state index in [0.717, 1.165) is 44.4 Å². The summed E-state index contributed by atoms with van der Waals surface area (Å²) in [5.41, 5.74) is 0. The molecule has 0 bridgehead atoms. The summed E-state index contributed by atoms with van der Waals surface area (Å²) < 4.78 is 11.1. The van der Waals surface area contributed by atoms with Gasteiger partial charge in [-0.15, -0.1) is 0 Å². The Labute approximate surface area is 367 Å². The zero-order chi connectivity index (χ0) is 44.2. The number of carbonyl (C=O) groups is 1. The summed E-state index contributed by atoms with van der Waals surface area (Å²) in [5.74, 6) is 0.122. The molecule has 11 nitrogen and oxygen atoms in total. The first-order valence-corrected chi connectivity index (χ1v) is 25.3. The van der Waals surface area contributed by atoms with E-state index in [9.17, 15) is 40.5 Å². The number of ether oxygens (including phenoxy) is 2. The zero-order valence-corrected chi connectivity index (χ0v) is 38.9. The van der Waals surface area contributed by atoms with Gasteiger partial charge in [0.15, 0.2) is 6.29 Å². The first kappa shape index (κ1) is 57.1. The van der Waals surface area contributed by atoms with Gasteiger partial charge >= 0.3 is 0 Å². The van der Waals surface area contributed by atoms with E-state index in [4.69, 9.17) is 9.47 Å². The summed E-state index contributed by atoms with van der Waals surface area (Å²) in [7, 11) is 0. The van der Waals surface area contributed by atoms with Crippen LogP contribution in [-0.4, -0.2) is 110 Å². The second-order valence-electron chi connectivity index (χ2n) is 18.5. The van der Waals surface area contributed by atoms with Crippen molar-refractivity contribution in [3.63, 3.8) is 0 Å². The Kier molecular flexibility index (Phi) is 36.7. The molecule has 1 saturated heterocycles. The van der Waals surface area contributed by atoms with Crippen molar-refractivity contribution in [1.29, 1.82) is 0 Å². The Morgan fingerprint density at radius 2 is 0.967 bits per heavy atom. The van der Waals surface area contributed by atoms with Gasteiger partial charge in [-0.1, -0.05) is 220 Å². The maximum absolute atomic E-state index is 13.1. The van der Waals surface area contributed by atoms with Crippen molar-refractivity contribution in [1.82, 2.24) is 5.32 Å². The van der Waals surface area contributed by atoms with Gasteiger partial charge in [0, 0.05) is 0 Å². The average Bonchev–Trinajstić information content (AvgIpc) is 3.25. The molecule has 0 saturated carbocycles. The number of rotatable bonds is 42. The molecule has 1 aliphatic heterocycles. The van der Waals surface area contributed by atoms with Crippen LogP contribution in [0.15, 0.2) is 0 Å². The number of aliphatic hydroxyl groups excluding tert-OH is 7. The number of amides is 1. The van der Waals surface area contributed by atoms with Crippen molar-refractivity contribution >= 4 is 5.91 Å². The highest BCUT2D eigenvalue weighted by atomic mass is 16.7. The number of hydrogen-bond donors (Lipinski definition) is 8. The summed E-state index contributed by atoms with van der Waals surface area (Å²) in [6.45, 7) is 5.79. The fourth-order valence-electron chi connectivity index (χ4n) is 8.36. The van der Waals surface area contributed by atoms with Gasteiger partial charge in [-0.25, -0.2) is 0 Å². The normalized spacial score (nSPS) is 22.1. The lowest BCUT2D eigenvalue weighted by Gasteiger charge is -2.40. The van der Waals surface area contributed by atoms with Gasteiger partial charge in [0.1, 0.15) is 36.6 Å². The van der Waals surface area contributed by atoms with Crippen LogP contribution in [0.3, 0.4) is 0 Å². The van der Waals surface area contributed by atoms with Crippen LogP contribution in [0, 0.1) is 5.92 Å². The quantitative estimate of drug-likeness (QED) is 0.0275. The maximum atomic E-state index is 13.1. The number of nitrogens with one attached hydrogen (secondary N) is 1. The first-order chi connectivity index (χ1) is 29.1. The van der Waals surface area contributed by atoms with Crippen LogP contribution in [0.4, 0.5) is 0 Å². The Morgan fingerprint density at radius 3 is 1.38 bits per heavy atom. The molecular formula is C49H97NO10. The van der Waals surface area contributed by atoms with Crippen molar-refractivity contribution in [2.45, 2.75) is 288 Å². The molecule has 1 unspecified atom stereocenters. The summed E-state index contributed by atoms with van der Waals surface area (Å²) in [6, 6.07) is -1.16. The Balaban J connectivity index is 2.37. The molecule has 10 atom stereocenters. The number of hydrogen-bond acceptors (Lipinski definition) is 10. The van der Waals surface area contributed by atoms with Crippen LogP contribution in [0.1, 0.15) is 233 Å². The van der Waals surface area contributed by atoms with Crippen LogP contribution < -0.4 is 5.32 Å². The van der Waals surface area contributed by atoms with E-state index in [1.165, 1.54) is 148 Å². The third-order valence-corrected chi connectivity index (χ3v) is 13.0. The van der Waals surface area contributed by atoms with E-state index in [-0.39, 0.29) is 6.42 Å². The molecule has 8 N–H and O–H groups in total. The third-order valence-electron chi connectivity index (χ3n) is 13.0. The minimum absolute atomic E-state index is 0.266. The van der Waals surface area contributed by atoms with Gasteiger partial charge in [0.25, 0.3) is 0 Å². The molecular weight excluding hydrogens is 763 g/mol. The lowest BCUT2D eigenvalue weighted by atomic mass is 9.98. The number of carbonyl (C=O) groups excluding carboxylic acids is 1. The van der Waals surface area contributed by atoms with Gasteiger partial charge in [0.05, 0.1) is 25.4 Å². The zero-order valence-electron chi connectivity index (χ0n) is 38.9. The lowest BCUT2D eigenvalue weighted by molar-refractivity contribution is -0.303. The van der Waals surface area contributed by atoms with Crippen LogP contribution in [0.25, 0.3) is 0 Å². The fraction of sp³-hybridized carbons (Fsp3) is 0.980. The fourth-order valence-corrected chi connectivity index (χ4v) is 8.36. The topological polar surface area (TPSA) is 189 Å². The monoisotopic (exact) mass is 860 g/mol. The molecule has 0 aromatic rings. The Morgan fingerprint density at radius 1 is 0.567 bits per heavy atom. The van der Waals surface area contributed by atoms with Gasteiger partial charge in [-0.05, 0) is 18.8 Å². The molecule has 60 heavy (non-hydrogen) atoms. The van der Waals surface area contributed by atoms with Gasteiger partial charge in [-0.3, -0.25) is 4.79 Å². The molecule has 11 heteroatoms. The van der Waals surface area contributed by atoms with Crippen molar-refractivity contribution < 1.29 is 50.0 Å². The summed E-state index contributed by atoms with van der Waals surface area (Å²) in [4.78, 5) is 13.1. The summed E-state index contributed by atoms with van der Waals surface area (Å²) in [5, 5.41) is 75.8. The van der Waals surface area contributed by atoms with E-state index in [0.29, 0.717) is 19.3 Å². The highest BCUT2D eigenvalue weighted by molar-refractivity contribution is 5.80. The van der Waals surface area contributed by atoms with E-state index >= 15 is 0 Å². The molecule has 358 valence electrons. The number of unbranched alkanes of at least 4 members (excludes halogenated alkanes) is 27. The largest absolute Gasteiger partial charge is 0.394 e. The molecule has 0 radical (unpaired) electrons. The van der Waals surface area contributed by atoms with Crippen molar-refractivity contribution in [3.05, 3.63) is 0 Å². The van der Waals surface area contributed by atoms with Gasteiger partial charge < -0.3 is 50.5 Å². The van der Waals surface area contributed by atoms with Crippen LogP contribution in [0.2, 0.25) is 0 Å².